The van der Waals surface area contributed by atoms with E-state index in [2.05, 4.69) is 10.2 Å². The van der Waals surface area contributed by atoms with E-state index in [1.807, 2.05) is 6.07 Å². The molecule has 21 heavy (non-hydrogen) atoms. The first-order valence-corrected chi connectivity index (χ1v) is 7.20. The Hall–Kier alpha value is -2.08. The van der Waals surface area contributed by atoms with Crippen molar-refractivity contribution in [2.24, 2.45) is 5.73 Å². The molecule has 1 amide bonds. The molecule has 1 aliphatic rings. The zero-order valence-electron chi connectivity index (χ0n) is 11.9. The molecular weight excluding hydrogens is 270 g/mol. The minimum absolute atomic E-state index is 0.0372. The van der Waals surface area contributed by atoms with Crippen LogP contribution in [0.4, 0.5) is 5.69 Å². The van der Waals surface area contributed by atoms with Gasteiger partial charge in [0.25, 0.3) is 5.91 Å². The van der Waals surface area contributed by atoms with Crippen molar-refractivity contribution in [1.29, 1.82) is 0 Å². The fourth-order valence-electron chi connectivity index (χ4n) is 2.54. The molecule has 0 aromatic heterocycles. The molecule has 1 fully saturated rings. The van der Waals surface area contributed by atoms with Crippen LogP contribution in [0, 0.1) is 0 Å². The molecule has 6 heteroatoms. The van der Waals surface area contributed by atoms with Gasteiger partial charge in [-0.2, -0.15) is 0 Å². The van der Waals surface area contributed by atoms with Crippen molar-refractivity contribution in [2.75, 3.05) is 18.0 Å². The van der Waals surface area contributed by atoms with Gasteiger partial charge < -0.3 is 21.1 Å². The molecule has 1 aromatic rings. The van der Waals surface area contributed by atoms with Gasteiger partial charge in [0.05, 0.1) is 6.17 Å². The van der Waals surface area contributed by atoms with Crippen molar-refractivity contribution < 1.29 is 14.7 Å². The van der Waals surface area contributed by atoms with E-state index in [4.69, 9.17) is 10.8 Å². The first kappa shape index (κ1) is 15.3. The SMILES string of the molecule is NC1CCCCCN1c1cccc(C(=O)NCC(=O)O)c1. The highest BCUT2D eigenvalue weighted by atomic mass is 16.4. The Morgan fingerprint density at radius 1 is 1.33 bits per heavy atom. The van der Waals surface area contributed by atoms with Crippen LogP contribution in [0.1, 0.15) is 36.0 Å². The molecule has 1 saturated heterocycles. The summed E-state index contributed by atoms with van der Waals surface area (Å²) in [5.41, 5.74) is 7.54. The molecule has 1 atom stereocenters. The minimum Gasteiger partial charge on any atom is -0.480 e. The standard InChI is InChI=1S/C15H21N3O3/c16-13-7-2-1-3-8-18(13)12-6-4-5-11(9-12)15(21)17-10-14(19)20/h4-6,9,13H,1-3,7-8,10,16H2,(H,17,21)(H,19,20). The van der Waals surface area contributed by atoms with Crippen molar-refractivity contribution in [3.63, 3.8) is 0 Å². The Morgan fingerprint density at radius 2 is 2.14 bits per heavy atom. The summed E-state index contributed by atoms with van der Waals surface area (Å²) in [4.78, 5) is 24.5. The highest BCUT2D eigenvalue weighted by molar-refractivity contribution is 5.96. The number of nitrogens with two attached hydrogens (primary N) is 1. The largest absolute Gasteiger partial charge is 0.480 e. The van der Waals surface area contributed by atoms with Crippen LogP contribution in [-0.4, -0.2) is 36.2 Å². The Labute approximate surface area is 123 Å². The van der Waals surface area contributed by atoms with Crippen LogP contribution in [0.25, 0.3) is 0 Å². The lowest BCUT2D eigenvalue weighted by Crippen LogP contribution is -2.41. The van der Waals surface area contributed by atoms with Gasteiger partial charge in [-0.1, -0.05) is 12.5 Å². The summed E-state index contributed by atoms with van der Waals surface area (Å²) < 4.78 is 0. The van der Waals surface area contributed by atoms with Crippen molar-refractivity contribution in [2.45, 2.75) is 31.8 Å². The van der Waals surface area contributed by atoms with Gasteiger partial charge in [-0.3, -0.25) is 9.59 Å². The number of carbonyl (C=O) groups excluding carboxylic acids is 1. The summed E-state index contributed by atoms with van der Waals surface area (Å²) in [5.74, 6) is -1.45. The van der Waals surface area contributed by atoms with Gasteiger partial charge in [-0.25, -0.2) is 0 Å². The summed E-state index contributed by atoms with van der Waals surface area (Å²) >= 11 is 0. The predicted molar refractivity (Wildman–Crippen MR) is 80.2 cm³/mol. The quantitative estimate of drug-likeness (QED) is 0.774. The fourth-order valence-corrected chi connectivity index (χ4v) is 2.54. The van der Waals surface area contributed by atoms with Gasteiger partial charge in [-0.05, 0) is 37.5 Å². The maximum absolute atomic E-state index is 11.9. The van der Waals surface area contributed by atoms with E-state index < -0.39 is 5.97 Å². The smallest absolute Gasteiger partial charge is 0.322 e. The number of carboxylic acid groups (broad SMARTS) is 1. The number of anilines is 1. The van der Waals surface area contributed by atoms with E-state index in [0.717, 1.165) is 31.5 Å². The number of nitrogens with one attached hydrogen (secondary N) is 1. The van der Waals surface area contributed by atoms with Gasteiger partial charge >= 0.3 is 5.97 Å². The Morgan fingerprint density at radius 3 is 2.90 bits per heavy atom. The average molecular weight is 291 g/mol. The molecule has 1 aliphatic heterocycles. The van der Waals surface area contributed by atoms with E-state index in [1.54, 1.807) is 18.2 Å². The molecule has 1 heterocycles. The van der Waals surface area contributed by atoms with Gasteiger partial charge in [0.2, 0.25) is 0 Å². The Kier molecular flexibility index (Phi) is 5.16. The van der Waals surface area contributed by atoms with Crippen LogP contribution in [0.15, 0.2) is 24.3 Å². The van der Waals surface area contributed by atoms with Gasteiger partial charge in [0, 0.05) is 17.8 Å². The predicted octanol–water partition coefficient (Wildman–Crippen LogP) is 1.17. The zero-order chi connectivity index (χ0) is 15.2. The normalized spacial score (nSPS) is 18.9. The molecule has 0 spiro atoms. The van der Waals surface area contributed by atoms with Crippen LogP contribution in [0.3, 0.4) is 0 Å². The highest BCUT2D eigenvalue weighted by Gasteiger charge is 2.18. The summed E-state index contributed by atoms with van der Waals surface area (Å²) in [7, 11) is 0. The number of carbonyl (C=O) groups is 2. The highest BCUT2D eigenvalue weighted by Crippen LogP contribution is 2.23. The van der Waals surface area contributed by atoms with E-state index in [-0.39, 0.29) is 18.6 Å². The number of aliphatic carboxylic acids is 1. The fraction of sp³-hybridized carbons (Fsp3) is 0.467. The maximum Gasteiger partial charge on any atom is 0.322 e. The molecule has 0 saturated carbocycles. The molecule has 1 aromatic carbocycles. The van der Waals surface area contributed by atoms with E-state index >= 15 is 0 Å². The van der Waals surface area contributed by atoms with Gasteiger partial charge in [0.1, 0.15) is 6.54 Å². The van der Waals surface area contributed by atoms with Crippen molar-refractivity contribution in [3.8, 4) is 0 Å². The second-order valence-electron chi connectivity index (χ2n) is 5.24. The third-order valence-electron chi connectivity index (χ3n) is 3.64. The molecule has 0 bridgehead atoms. The third-order valence-corrected chi connectivity index (χ3v) is 3.64. The third kappa shape index (κ3) is 4.19. The van der Waals surface area contributed by atoms with Crippen molar-refractivity contribution in [3.05, 3.63) is 29.8 Å². The van der Waals surface area contributed by atoms with E-state index in [0.29, 0.717) is 5.56 Å². The zero-order valence-corrected chi connectivity index (χ0v) is 11.9. The number of rotatable bonds is 4. The Bertz CT molecular complexity index is 519. The number of benzene rings is 1. The number of carboxylic acids is 1. The summed E-state index contributed by atoms with van der Waals surface area (Å²) in [6.45, 7) is 0.494. The molecule has 0 radical (unpaired) electrons. The Balaban J connectivity index is 2.12. The van der Waals surface area contributed by atoms with Crippen LogP contribution in [0.5, 0.6) is 0 Å². The molecule has 1 unspecified atom stereocenters. The molecular formula is C15H21N3O3. The summed E-state index contributed by atoms with van der Waals surface area (Å²) in [5, 5.41) is 11.0. The van der Waals surface area contributed by atoms with Crippen LogP contribution < -0.4 is 16.0 Å². The second-order valence-corrected chi connectivity index (χ2v) is 5.24. The van der Waals surface area contributed by atoms with Gasteiger partial charge in [0.15, 0.2) is 0 Å². The summed E-state index contributed by atoms with van der Waals surface area (Å²) in [6.07, 6.45) is 4.28. The van der Waals surface area contributed by atoms with Crippen LogP contribution in [0.2, 0.25) is 0 Å². The lowest BCUT2D eigenvalue weighted by molar-refractivity contribution is -0.135. The van der Waals surface area contributed by atoms with E-state index in [9.17, 15) is 9.59 Å². The lowest BCUT2D eigenvalue weighted by atomic mass is 10.1. The molecule has 2 rings (SSSR count). The number of nitrogens with zero attached hydrogens (tertiary/aromatic N) is 1. The second kappa shape index (κ2) is 7.08. The number of amides is 1. The van der Waals surface area contributed by atoms with E-state index in [1.165, 1.54) is 6.42 Å². The summed E-state index contributed by atoms with van der Waals surface area (Å²) in [6, 6.07) is 7.16. The van der Waals surface area contributed by atoms with Crippen LogP contribution in [-0.2, 0) is 4.79 Å². The molecule has 114 valence electrons. The molecule has 6 nitrogen and oxygen atoms in total. The van der Waals surface area contributed by atoms with Crippen molar-refractivity contribution >= 4 is 17.6 Å². The number of hydrogen-bond donors (Lipinski definition) is 3. The first-order valence-electron chi connectivity index (χ1n) is 7.20. The first-order chi connectivity index (χ1) is 10.1. The number of hydrogen-bond acceptors (Lipinski definition) is 4. The minimum atomic E-state index is -1.06. The molecule has 0 aliphatic carbocycles. The molecule has 4 N–H and O–H groups in total. The van der Waals surface area contributed by atoms with Crippen molar-refractivity contribution in [1.82, 2.24) is 5.32 Å². The average Bonchev–Trinajstić information content (AvgIpc) is 2.69. The van der Waals surface area contributed by atoms with Crippen LogP contribution >= 0.6 is 0 Å². The lowest BCUT2D eigenvalue weighted by Gasteiger charge is -2.29. The van der Waals surface area contributed by atoms with Gasteiger partial charge in [-0.15, -0.1) is 0 Å². The monoisotopic (exact) mass is 291 g/mol. The topological polar surface area (TPSA) is 95.7 Å². The maximum atomic E-state index is 11.9.